The highest BCUT2D eigenvalue weighted by molar-refractivity contribution is 9.10. The Morgan fingerprint density at radius 3 is 2.63 bits per heavy atom. The van der Waals surface area contributed by atoms with Crippen molar-refractivity contribution >= 4 is 44.6 Å². The van der Waals surface area contributed by atoms with Gasteiger partial charge in [0.2, 0.25) is 0 Å². The second-order valence-corrected chi connectivity index (χ2v) is 5.40. The highest BCUT2D eigenvalue weighted by Crippen LogP contribution is 2.18. The van der Waals surface area contributed by atoms with Crippen molar-refractivity contribution in [1.29, 1.82) is 0 Å². The summed E-state index contributed by atoms with van der Waals surface area (Å²) >= 11 is 8.52. The molecule has 0 unspecified atom stereocenters. The number of nitrogens with one attached hydrogen (secondary N) is 2. The highest BCUT2D eigenvalue weighted by atomic mass is 79.9. The number of thiocarbonyl (C=S) groups is 1. The Balaban J connectivity index is 2.05. The largest absolute Gasteiger partial charge is 0.332 e. The molecular formula is C14H12BrFN2S. The molecule has 0 spiro atoms. The Morgan fingerprint density at radius 2 is 1.95 bits per heavy atom. The summed E-state index contributed by atoms with van der Waals surface area (Å²) in [5.74, 6) is -0.321. The van der Waals surface area contributed by atoms with E-state index in [-0.39, 0.29) is 5.82 Å². The Morgan fingerprint density at radius 1 is 1.16 bits per heavy atom. The Bertz CT molecular complexity index is 616. The monoisotopic (exact) mass is 338 g/mol. The molecule has 0 saturated carbocycles. The maximum absolute atomic E-state index is 13.7. The zero-order chi connectivity index (χ0) is 13.8. The highest BCUT2D eigenvalue weighted by Gasteiger charge is 2.04. The molecule has 2 nitrogen and oxygen atoms in total. The summed E-state index contributed by atoms with van der Waals surface area (Å²) in [6.45, 7) is 1.84. The fourth-order valence-corrected chi connectivity index (χ4v) is 2.20. The van der Waals surface area contributed by atoms with Crippen molar-refractivity contribution in [3.05, 3.63) is 58.3 Å². The van der Waals surface area contributed by atoms with E-state index < -0.39 is 0 Å². The van der Waals surface area contributed by atoms with Crippen LogP contribution < -0.4 is 10.6 Å². The van der Waals surface area contributed by atoms with Crippen LogP contribution in [-0.4, -0.2) is 5.11 Å². The Hall–Kier alpha value is -1.46. The third kappa shape index (κ3) is 4.01. The third-order valence-electron chi connectivity index (χ3n) is 2.46. The van der Waals surface area contributed by atoms with Gasteiger partial charge in [-0.15, -0.1) is 0 Å². The van der Waals surface area contributed by atoms with Gasteiger partial charge in [-0.1, -0.05) is 28.1 Å². The normalized spacial score (nSPS) is 10.1. The van der Waals surface area contributed by atoms with Gasteiger partial charge in [-0.05, 0) is 55.0 Å². The van der Waals surface area contributed by atoms with Crippen LogP contribution in [0.3, 0.4) is 0 Å². The lowest BCUT2D eigenvalue weighted by atomic mass is 10.2. The Labute approximate surface area is 125 Å². The van der Waals surface area contributed by atoms with Crippen molar-refractivity contribution in [2.24, 2.45) is 0 Å². The number of rotatable bonds is 2. The summed E-state index contributed by atoms with van der Waals surface area (Å²) in [6, 6.07) is 12.5. The molecule has 0 bridgehead atoms. The third-order valence-corrected chi connectivity index (χ3v) is 3.15. The fraction of sp³-hybridized carbons (Fsp3) is 0.0714. The number of hydrogen-bond donors (Lipinski definition) is 2. The van der Waals surface area contributed by atoms with E-state index in [9.17, 15) is 4.39 Å². The second-order valence-electron chi connectivity index (χ2n) is 4.07. The van der Waals surface area contributed by atoms with E-state index in [0.29, 0.717) is 10.8 Å². The fourth-order valence-electron chi connectivity index (χ4n) is 1.57. The van der Waals surface area contributed by atoms with Crippen LogP contribution in [0.25, 0.3) is 0 Å². The first-order valence-electron chi connectivity index (χ1n) is 5.64. The zero-order valence-electron chi connectivity index (χ0n) is 10.2. The molecule has 0 heterocycles. The van der Waals surface area contributed by atoms with Crippen LogP contribution in [0.5, 0.6) is 0 Å². The van der Waals surface area contributed by atoms with Crippen LogP contribution in [-0.2, 0) is 0 Å². The minimum Gasteiger partial charge on any atom is -0.332 e. The molecule has 19 heavy (non-hydrogen) atoms. The molecule has 2 rings (SSSR count). The molecule has 0 amide bonds. The smallest absolute Gasteiger partial charge is 0.175 e. The molecule has 0 saturated heterocycles. The lowest BCUT2D eigenvalue weighted by Crippen LogP contribution is -2.19. The molecule has 0 atom stereocenters. The Kier molecular flexibility index (Phi) is 4.50. The van der Waals surface area contributed by atoms with Gasteiger partial charge in [0, 0.05) is 10.2 Å². The molecule has 0 aliphatic carbocycles. The molecule has 0 aromatic heterocycles. The van der Waals surface area contributed by atoms with Gasteiger partial charge in [-0.3, -0.25) is 0 Å². The standard InChI is InChI=1S/C14H12BrFN2S/c1-9-5-6-13(12(16)7-9)18-14(19)17-11-4-2-3-10(15)8-11/h2-8H,1H3,(H2,17,18,19). The summed E-state index contributed by atoms with van der Waals surface area (Å²) in [6.07, 6.45) is 0. The minimum absolute atomic E-state index is 0.321. The molecule has 0 radical (unpaired) electrons. The van der Waals surface area contributed by atoms with Crippen molar-refractivity contribution in [3.63, 3.8) is 0 Å². The topological polar surface area (TPSA) is 24.1 Å². The first-order valence-corrected chi connectivity index (χ1v) is 6.84. The first-order chi connectivity index (χ1) is 9.04. The molecule has 98 valence electrons. The first kappa shape index (κ1) is 14.0. The van der Waals surface area contributed by atoms with Gasteiger partial charge >= 0.3 is 0 Å². The maximum Gasteiger partial charge on any atom is 0.175 e. The van der Waals surface area contributed by atoms with E-state index in [1.54, 1.807) is 6.07 Å². The summed E-state index contributed by atoms with van der Waals surface area (Å²) in [7, 11) is 0. The average molecular weight is 339 g/mol. The van der Waals surface area contributed by atoms with Gasteiger partial charge in [-0.25, -0.2) is 4.39 Å². The van der Waals surface area contributed by atoms with E-state index in [0.717, 1.165) is 15.7 Å². The summed E-state index contributed by atoms with van der Waals surface area (Å²) in [5, 5.41) is 6.18. The van der Waals surface area contributed by atoms with Crippen LogP contribution >= 0.6 is 28.1 Å². The molecule has 2 N–H and O–H groups in total. The van der Waals surface area contributed by atoms with Gasteiger partial charge in [0.15, 0.2) is 5.11 Å². The van der Waals surface area contributed by atoms with E-state index in [4.69, 9.17) is 12.2 Å². The van der Waals surface area contributed by atoms with E-state index >= 15 is 0 Å². The molecular weight excluding hydrogens is 327 g/mol. The molecule has 0 aliphatic rings. The predicted molar refractivity (Wildman–Crippen MR) is 85.1 cm³/mol. The van der Waals surface area contributed by atoms with E-state index in [1.807, 2.05) is 37.3 Å². The van der Waals surface area contributed by atoms with Gasteiger partial charge in [0.1, 0.15) is 5.82 Å². The van der Waals surface area contributed by atoms with Gasteiger partial charge in [-0.2, -0.15) is 0 Å². The van der Waals surface area contributed by atoms with Crippen LogP contribution in [0.15, 0.2) is 46.9 Å². The molecule has 2 aromatic carbocycles. The van der Waals surface area contributed by atoms with Gasteiger partial charge in [0.25, 0.3) is 0 Å². The van der Waals surface area contributed by atoms with Crippen molar-refractivity contribution in [1.82, 2.24) is 0 Å². The van der Waals surface area contributed by atoms with Crippen molar-refractivity contribution in [3.8, 4) is 0 Å². The maximum atomic E-state index is 13.7. The van der Waals surface area contributed by atoms with E-state index in [2.05, 4.69) is 26.6 Å². The number of anilines is 2. The number of hydrogen-bond acceptors (Lipinski definition) is 1. The zero-order valence-corrected chi connectivity index (χ0v) is 12.6. The second kappa shape index (κ2) is 6.12. The minimum atomic E-state index is -0.321. The number of halogens is 2. The summed E-state index contributed by atoms with van der Waals surface area (Å²) in [5.41, 5.74) is 2.06. The van der Waals surface area contributed by atoms with Gasteiger partial charge in [0.05, 0.1) is 5.69 Å². The van der Waals surface area contributed by atoms with Crippen LogP contribution in [0.4, 0.5) is 15.8 Å². The quantitative estimate of drug-likeness (QED) is 0.775. The molecule has 0 fully saturated rings. The van der Waals surface area contributed by atoms with Crippen LogP contribution in [0.1, 0.15) is 5.56 Å². The average Bonchev–Trinajstić information content (AvgIpc) is 2.33. The summed E-state index contributed by atoms with van der Waals surface area (Å²) in [4.78, 5) is 0. The number of benzene rings is 2. The lowest BCUT2D eigenvalue weighted by molar-refractivity contribution is 0.631. The number of aryl methyl sites for hydroxylation is 1. The van der Waals surface area contributed by atoms with Crippen molar-refractivity contribution < 1.29 is 4.39 Å². The predicted octanol–water partition coefficient (Wildman–Crippen LogP) is 4.71. The van der Waals surface area contributed by atoms with Crippen LogP contribution in [0, 0.1) is 12.7 Å². The lowest BCUT2D eigenvalue weighted by Gasteiger charge is -2.11. The molecule has 0 aliphatic heterocycles. The SMILES string of the molecule is Cc1ccc(NC(=S)Nc2cccc(Br)c2)c(F)c1. The van der Waals surface area contributed by atoms with Crippen molar-refractivity contribution in [2.75, 3.05) is 10.6 Å². The van der Waals surface area contributed by atoms with Crippen molar-refractivity contribution in [2.45, 2.75) is 6.92 Å². The molecule has 2 aromatic rings. The molecule has 5 heteroatoms. The summed E-state index contributed by atoms with van der Waals surface area (Å²) < 4.78 is 14.6. The van der Waals surface area contributed by atoms with Gasteiger partial charge < -0.3 is 10.6 Å². The van der Waals surface area contributed by atoms with E-state index in [1.165, 1.54) is 6.07 Å². The van der Waals surface area contributed by atoms with Crippen LogP contribution in [0.2, 0.25) is 0 Å².